The van der Waals surface area contributed by atoms with Crippen molar-refractivity contribution < 1.29 is 4.52 Å². The number of para-hydroxylation sites is 1. The second kappa shape index (κ2) is 5.49. The molecule has 19 heavy (non-hydrogen) atoms. The average Bonchev–Trinajstić information content (AvgIpc) is 3.11. The van der Waals surface area contributed by atoms with E-state index in [1.165, 1.54) is 0 Å². The molecule has 0 saturated carbocycles. The number of benzene rings is 1. The molecule has 5 heteroatoms. The summed E-state index contributed by atoms with van der Waals surface area (Å²) in [5.41, 5.74) is 2.19. The predicted octanol–water partition coefficient (Wildman–Crippen LogP) is 2.15. The summed E-state index contributed by atoms with van der Waals surface area (Å²) in [7, 11) is 0. The minimum atomic E-state index is 0.663. The first-order valence-corrected chi connectivity index (χ1v) is 6.11. The van der Waals surface area contributed by atoms with Gasteiger partial charge in [0.2, 0.25) is 0 Å². The maximum absolute atomic E-state index is 5.01. The van der Waals surface area contributed by atoms with Crippen LogP contribution >= 0.6 is 0 Å². The number of rotatable bonds is 5. The van der Waals surface area contributed by atoms with Gasteiger partial charge in [-0.3, -0.25) is 0 Å². The van der Waals surface area contributed by atoms with Crippen molar-refractivity contribution in [3.05, 3.63) is 66.3 Å². The molecule has 0 fully saturated rings. The van der Waals surface area contributed by atoms with E-state index in [1.54, 1.807) is 6.20 Å². The van der Waals surface area contributed by atoms with Crippen molar-refractivity contribution in [1.82, 2.24) is 20.3 Å². The van der Waals surface area contributed by atoms with Gasteiger partial charge >= 0.3 is 0 Å². The van der Waals surface area contributed by atoms with Crippen LogP contribution in [0.25, 0.3) is 5.69 Å². The van der Waals surface area contributed by atoms with Gasteiger partial charge in [-0.2, -0.15) is 5.10 Å². The van der Waals surface area contributed by atoms with Crippen LogP contribution in [0.15, 0.2) is 59.5 Å². The molecular weight excluding hydrogens is 240 g/mol. The highest BCUT2D eigenvalue weighted by Crippen LogP contribution is 2.07. The van der Waals surface area contributed by atoms with E-state index in [0.717, 1.165) is 23.6 Å². The van der Waals surface area contributed by atoms with Gasteiger partial charge in [-0.05, 0) is 12.1 Å². The molecule has 1 N–H and O–H groups in total. The molecule has 5 nitrogen and oxygen atoms in total. The number of nitrogens with zero attached hydrogens (tertiary/aromatic N) is 3. The Bertz CT molecular complexity index is 616. The third-order valence-corrected chi connectivity index (χ3v) is 2.78. The van der Waals surface area contributed by atoms with Crippen LogP contribution in [0.4, 0.5) is 0 Å². The van der Waals surface area contributed by atoms with E-state index in [-0.39, 0.29) is 0 Å². The van der Waals surface area contributed by atoms with Crippen LogP contribution in [-0.4, -0.2) is 14.9 Å². The van der Waals surface area contributed by atoms with Crippen LogP contribution in [0.3, 0.4) is 0 Å². The molecule has 0 aliphatic rings. The van der Waals surface area contributed by atoms with Gasteiger partial charge in [-0.1, -0.05) is 23.4 Å². The summed E-state index contributed by atoms with van der Waals surface area (Å²) in [6.07, 6.45) is 5.52. The van der Waals surface area contributed by atoms with Crippen LogP contribution in [0.5, 0.6) is 0 Å². The fraction of sp³-hybridized carbons (Fsp3) is 0.143. The molecule has 0 atom stereocenters. The Balaban J connectivity index is 1.59. The molecule has 3 rings (SSSR count). The summed E-state index contributed by atoms with van der Waals surface area (Å²) in [4.78, 5) is 0. The Morgan fingerprint density at radius 2 is 2.00 bits per heavy atom. The summed E-state index contributed by atoms with van der Waals surface area (Å²) >= 11 is 0. The maximum Gasteiger partial charge on any atom is 0.150 e. The lowest BCUT2D eigenvalue weighted by Gasteiger charge is -2.00. The summed E-state index contributed by atoms with van der Waals surface area (Å²) in [5, 5.41) is 11.3. The molecule has 2 heterocycles. The molecule has 0 radical (unpaired) electrons. The highest BCUT2D eigenvalue weighted by molar-refractivity contribution is 5.30. The van der Waals surface area contributed by atoms with Crippen LogP contribution in [0.1, 0.15) is 11.3 Å². The van der Waals surface area contributed by atoms with E-state index in [1.807, 2.05) is 53.5 Å². The zero-order chi connectivity index (χ0) is 12.9. The van der Waals surface area contributed by atoms with Gasteiger partial charge in [-0.15, -0.1) is 0 Å². The van der Waals surface area contributed by atoms with Crippen molar-refractivity contribution in [3.63, 3.8) is 0 Å². The normalized spacial score (nSPS) is 10.7. The lowest BCUT2D eigenvalue weighted by molar-refractivity contribution is 0.373. The van der Waals surface area contributed by atoms with Crippen molar-refractivity contribution >= 4 is 0 Å². The molecular formula is C14H14N4O. The zero-order valence-corrected chi connectivity index (χ0v) is 10.4. The Hall–Kier alpha value is -2.40. The smallest absolute Gasteiger partial charge is 0.150 e. The Labute approximate surface area is 110 Å². The number of nitrogens with one attached hydrogen (secondary N) is 1. The van der Waals surface area contributed by atoms with Gasteiger partial charge in [0.25, 0.3) is 0 Å². The molecule has 2 aromatic heterocycles. The average molecular weight is 254 g/mol. The summed E-state index contributed by atoms with van der Waals surface area (Å²) in [6.45, 7) is 1.41. The van der Waals surface area contributed by atoms with Crippen molar-refractivity contribution in [3.8, 4) is 5.69 Å². The molecule has 0 aliphatic heterocycles. The molecule has 0 saturated heterocycles. The van der Waals surface area contributed by atoms with Crippen LogP contribution in [0.2, 0.25) is 0 Å². The van der Waals surface area contributed by atoms with Gasteiger partial charge in [0, 0.05) is 24.4 Å². The standard InChI is InChI=1S/C14H14N4O/c1-2-4-13(5-3-1)18-11-12(9-16-18)8-15-10-14-6-7-17-19-14/h1-7,9,11,15H,8,10H2. The number of hydrogen-bond acceptors (Lipinski definition) is 4. The Kier molecular flexibility index (Phi) is 3.38. The predicted molar refractivity (Wildman–Crippen MR) is 70.6 cm³/mol. The van der Waals surface area contributed by atoms with E-state index < -0.39 is 0 Å². The highest BCUT2D eigenvalue weighted by Gasteiger charge is 2.01. The van der Waals surface area contributed by atoms with Crippen LogP contribution in [0, 0.1) is 0 Å². The summed E-state index contributed by atoms with van der Waals surface area (Å²) in [5.74, 6) is 0.829. The van der Waals surface area contributed by atoms with Crippen LogP contribution < -0.4 is 5.32 Å². The maximum atomic E-state index is 5.01. The van der Waals surface area contributed by atoms with Gasteiger partial charge in [0.1, 0.15) is 5.76 Å². The molecule has 0 amide bonds. The Morgan fingerprint density at radius 1 is 1.11 bits per heavy atom. The Morgan fingerprint density at radius 3 is 2.79 bits per heavy atom. The number of hydrogen-bond donors (Lipinski definition) is 1. The fourth-order valence-corrected chi connectivity index (χ4v) is 1.84. The van der Waals surface area contributed by atoms with Crippen LogP contribution in [-0.2, 0) is 13.1 Å². The SMILES string of the molecule is c1ccc(-n2cc(CNCc3ccno3)cn2)cc1. The highest BCUT2D eigenvalue weighted by atomic mass is 16.5. The first-order valence-electron chi connectivity index (χ1n) is 6.11. The van der Waals surface area contributed by atoms with Crippen molar-refractivity contribution in [2.75, 3.05) is 0 Å². The quantitative estimate of drug-likeness (QED) is 0.758. The van der Waals surface area contributed by atoms with Gasteiger partial charge in [0.05, 0.1) is 24.6 Å². The largest absolute Gasteiger partial charge is 0.360 e. The van der Waals surface area contributed by atoms with Gasteiger partial charge < -0.3 is 9.84 Å². The first-order chi connectivity index (χ1) is 9.42. The zero-order valence-electron chi connectivity index (χ0n) is 10.4. The third kappa shape index (κ3) is 2.89. The number of aromatic nitrogens is 3. The second-order valence-corrected chi connectivity index (χ2v) is 4.21. The molecule has 0 spiro atoms. The van der Waals surface area contributed by atoms with E-state index >= 15 is 0 Å². The molecule has 0 aliphatic carbocycles. The molecule has 0 bridgehead atoms. The third-order valence-electron chi connectivity index (χ3n) is 2.78. The molecule has 1 aromatic carbocycles. The van der Waals surface area contributed by atoms with Gasteiger partial charge in [0.15, 0.2) is 0 Å². The minimum absolute atomic E-state index is 0.663. The van der Waals surface area contributed by atoms with E-state index in [2.05, 4.69) is 15.6 Å². The lowest BCUT2D eigenvalue weighted by Crippen LogP contribution is -2.11. The van der Waals surface area contributed by atoms with Crippen molar-refractivity contribution in [2.24, 2.45) is 0 Å². The van der Waals surface area contributed by atoms with E-state index in [0.29, 0.717) is 6.54 Å². The second-order valence-electron chi connectivity index (χ2n) is 4.21. The van der Waals surface area contributed by atoms with E-state index in [9.17, 15) is 0 Å². The van der Waals surface area contributed by atoms with Gasteiger partial charge in [-0.25, -0.2) is 4.68 Å². The molecule has 3 aromatic rings. The van der Waals surface area contributed by atoms with E-state index in [4.69, 9.17) is 4.52 Å². The summed E-state index contributed by atoms with van der Waals surface area (Å²) < 4.78 is 6.88. The van der Waals surface area contributed by atoms with Crippen molar-refractivity contribution in [1.29, 1.82) is 0 Å². The fourth-order valence-electron chi connectivity index (χ4n) is 1.84. The molecule has 0 unspecified atom stereocenters. The van der Waals surface area contributed by atoms with Crippen molar-refractivity contribution in [2.45, 2.75) is 13.1 Å². The lowest BCUT2D eigenvalue weighted by atomic mass is 10.3. The summed E-state index contributed by atoms with van der Waals surface area (Å²) in [6, 6.07) is 11.9. The topological polar surface area (TPSA) is 55.9 Å². The first kappa shape index (κ1) is 11.7. The monoisotopic (exact) mass is 254 g/mol. The molecule has 96 valence electrons. The minimum Gasteiger partial charge on any atom is -0.360 e.